The number of hydrogen-bond donors (Lipinski definition) is 1. The molecule has 0 unspecified atom stereocenters. The average Bonchev–Trinajstić information content (AvgIpc) is 2.54. The predicted molar refractivity (Wildman–Crippen MR) is 72.1 cm³/mol. The summed E-state index contributed by atoms with van der Waals surface area (Å²) in [5.74, 6) is 5.36. The molecule has 0 aliphatic heterocycles. The molecule has 3 heteroatoms. The van der Waals surface area contributed by atoms with Gasteiger partial charge in [-0.15, -0.1) is 0 Å². The summed E-state index contributed by atoms with van der Waals surface area (Å²) in [6.45, 7) is 2.18. The zero-order valence-corrected chi connectivity index (χ0v) is 11.4. The summed E-state index contributed by atoms with van der Waals surface area (Å²) >= 11 is 0. The first kappa shape index (κ1) is 10.9. The molecule has 18 heavy (non-hydrogen) atoms. The van der Waals surface area contributed by atoms with Crippen molar-refractivity contribution in [3.05, 3.63) is 11.3 Å². The Kier molecular flexibility index (Phi) is 2.13. The maximum atomic E-state index is 6.19. The summed E-state index contributed by atoms with van der Waals surface area (Å²) < 4.78 is 1.97. The molecule has 4 saturated carbocycles. The van der Waals surface area contributed by atoms with Crippen LogP contribution in [0.2, 0.25) is 0 Å². The largest absolute Gasteiger partial charge is 0.382 e. The van der Waals surface area contributed by atoms with Crippen molar-refractivity contribution in [3.63, 3.8) is 0 Å². The van der Waals surface area contributed by atoms with Crippen molar-refractivity contribution in [2.45, 2.75) is 44.9 Å². The molecule has 3 nitrogen and oxygen atoms in total. The van der Waals surface area contributed by atoms with E-state index in [4.69, 9.17) is 5.73 Å². The summed E-state index contributed by atoms with van der Waals surface area (Å²) in [7, 11) is 2.02. The minimum Gasteiger partial charge on any atom is -0.382 e. The monoisotopic (exact) mass is 245 g/mol. The molecule has 0 atom stereocenters. The summed E-state index contributed by atoms with van der Waals surface area (Å²) in [5, 5.41) is 4.44. The van der Waals surface area contributed by atoms with E-state index < -0.39 is 0 Å². The van der Waals surface area contributed by atoms with E-state index in [2.05, 4.69) is 12.0 Å². The minimum absolute atomic E-state index is 0.714. The van der Waals surface area contributed by atoms with Crippen LogP contribution in [0.1, 0.15) is 49.3 Å². The molecule has 4 aliphatic carbocycles. The molecule has 1 aromatic rings. The minimum atomic E-state index is 0.714. The molecular formula is C15H23N3. The number of aryl methyl sites for hydroxylation is 1. The first-order chi connectivity index (χ1) is 8.63. The lowest BCUT2D eigenvalue weighted by Gasteiger charge is -2.54. The molecule has 4 bridgehead atoms. The number of rotatable bonds is 1. The highest BCUT2D eigenvalue weighted by Crippen LogP contribution is 2.60. The van der Waals surface area contributed by atoms with E-state index in [1.807, 2.05) is 11.7 Å². The van der Waals surface area contributed by atoms with Crippen LogP contribution in [0.3, 0.4) is 0 Å². The number of nitrogens with two attached hydrogens (primary N) is 1. The smallest absolute Gasteiger partial charge is 0.149 e. The van der Waals surface area contributed by atoms with Gasteiger partial charge >= 0.3 is 0 Å². The molecule has 4 aliphatic rings. The van der Waals surface area contributed by atoms with Gasteiger partial charge in [0.15, 0.2) is 0 Å². The van der Waals surface area contributed by atoms with Crippen molar-refractivity contribution < 1.29 is 0 Å². The van der Waals surface area contributed by atoms with E-state index >= 15 is 0 Å². The van der Waals surface area contributed by atoms with Crippen LogP contribution in [-0.4, -0.2) is 9.78 Å². The Hall–Kier alpha value is -0.990. The number of nitrogens with zero attached hydrogens (tertiary/aromatic N) is 2. The van der Waals surface area contributed by atoms with Gasteiger partial charge in [-0.25, -0.2) is 0 Å². The summed E-state index contributed by atoms with van der Waals surface area (Å²) in [6, 6.07) is 0. The molecule has 2 N–H and O–H groups in total. The fraction of sp³-hybridized carbons (Fsp3) is 0.800. The SMILES string of the molecule is Cc1c(C2C3CC4CC(C3)CC2C4)c(N)nn1C. The molecule has 0 amide bonds. The molecule has 0 saturated heterocycles. The Bertz CT molecular complexity index is 460. The number of aromatic nitrogens is 2. The number of nitrogen functional groups attached to an aromatic ring is 1. The van der Waals surface area contributed by atoms with Crippen molar-refractivity contribution in [2.75, 3.05) is 5.73 Å². The van der Waals surface area contributed by atoms with Crippen molar-refractivity contribution in [3.8, 4) is 0 Å². The molecule has 5 rings (SSSR count). The van der Waals surface area contributed by atoms with Gasteiger partial charge in [0.1, 0.15) is 5.82 Å². The molecule has 0 aromatic carbocycles. The van der Waals surface area contributed by atoms with E-state index in [0.29, 0.717) is 5.92 Å². The van der Waals surface area contributed by atoms with E-state index in [1.165, 1.54) is 43.4 Å². The van der Waals surface area contributed by atoms with Crippen LogP contribution in [0.15, 0.2) is 0 Å². The standard InChI is InChI=1S/C15H23N3/c1-8-13(15(16)17-18(8)2)14-11-4-9-3-10(6-11)7-12(14)5-9/h9-12,14H,3-7H2,1-2H3,(H2,16,17). The van der Waals surface area contributed by atoms with Crippen molar-refractivity contribution in [1.82, 2.24) is 9.78 Å². The van der Waals surface area contributed by atoms with Crippen LogP contribution in [0, 0.1) is 30.6 Å². The highest BCUT2D eigenvalue weighted by molar-refractivity contribution is 5.46. The highest BCUT2D eigenvalue weighted by Gasteiger charge is 2.49. The van der Waals surface area contributed by atoms with E-state index in [1.54, 1.807) is 0 Å². The molecule has 1 heterocycles. The normalized spacial score (nSPS) is 41.6. The topological polar surface area (TPSA) is 43.8 Å². The molecule has 1 aromatic heterocycles. The Morgan fingerprint density at radius 3 is 2.06 bits per heavy atom. The van der Waals surface area contributed by atoms with Gasteiger partial charge in [0.25, 0.3) is 0 Å². The van der Waals surface area contributed by atoms with Crippen LogP contribution in [0.4, 0.5) is 5.82 Å². The number of anilines is 1. The highest BCUT2D eigenvalue weighted by atomic mass is 15.3. The lowest BCUT2D eigenvalue weighted by atomic mass is 9.50. The Morgan fingerprint density at radius 1 is 1.06 bits per heavy atom. The second-order valence-corrected chi connectivity index (χ2v) is 6.96. The quantitative estimate of drug-likeness (QED) is 0.826. The van der Waals surface area contributed by atoms with Gasteiger partial charge in [0.05, 0.1) is 0 Å². The summed E-state index contributed by atoms with van der Waals surface area (Å²) in [6.07, 6.45) is 7.31. The van der Waals surface area contributed by atoms with E-state index in [9.17, 15) is 0 Å². The fourth-order valence-corrected chi connectivity index (χ4v) is 5.46. The van der Waals surface area contributed by atoms with Crippen LogP contribution < -0.4 is 5.73 Å². The summed E-state index contributed by atoms with van der Waals surface area (Å²) in [4.78, 5) is 0. The molecule has 98 valence electrons. The third-order valence-electron chi connectivity index (χ3n) is 5.97. The maximum absolute atomic E-state index is 6.19. The molecular weight excluding hydrogens is 222 g/mol. The van der Waals surface area contributed by atoms with Crippen molar-refractivity contribution >= 4 is 5.82 Å². The zero-order chi connectivity index (χ0) is 12.4. The zero-order valence-electron chi connectivity index (χ0n) is 11.4. The second-order valence-electron chi connectivity index (χ2n) is 6.96. The van der Waals surface area contributed by atoms with Crippen molar-refractivity contribution in [2.24, 2.45) is 30.7 Å². The van der Waals surface area contributed by atoms with Crippen LogP contribution in [0.25, 0.3) is 0 Å². The summed E-state index contributed by atoms with van der Waals surface area (Å²) in [5.41, 5.74) is 8.88. The van der Waals surface area contributed by atoms with Gasteiger partial charge in [-0.3, -0.25) is 4.68 Å². The van der Waals surface area contributed by atoms with Gasteiger partial charge in [-0.1, -0.05) is 0 Å². The van der Waals surface area contributed by atoms with Crippen LogP contribution >= 0.6 is 0 Å². The second kappa shape index (κ2) is 3.52. The van der Waals surface area contributed by atoms with Crippen LogP contribution in [-0.2, 0) is 7.05 Å². The maximum Gasteiger partial charge on any atom is 0.149 e. The molecule has 4 fully saturated rings. The van der Waals surface area contributed by atoms with E-state index in [-0.39, 0.29) is 0 Å². The Balaban J connectivity index is 1.76. The third kappa shape index (κ3) is 1.33. The fourth-order valence-electron chi connectivity index (χ4n) is 5.46. The molecule has 0 spiro atoms. The van der Waals surface area contributed by atoms with Gasteiger partial charge < -0.3 is 5.73 Å². The Labute approximate surface area is 109 Å². The van der Waals surface area contributed by atoms with Crippen molar-refractivity contribution in [1.29, 1.82) is 0 Å². The first-order valence-electron chi connectivity index (χ1n) is 7.42. The van der Waals surface area contributed by atoms with Gasteiger partial charge in [0, 0.05) is 18.3 Å². The van der Waals surface area contributed by atoms with Gasteiger partial charge in [-0.05, 0) is 68.6 Å². The average molecular weight is 245 g/mol. The van der Waals surface area contributed by atoms with E-state index in [0.717, 1.165) is 29.5 Å². The lowest BCUT2D eigenvalue weighted by Crippen LogP contribution is -2.44. The number of hydrogen-bond acceptors (Lipinski definition) is 2. The first-order valence-corrected chi connectivity index (χ1v) is 7.42. The van der Waals surface area contributed by atoms with Gasteiger partial charge in [-0.2, -0.15) is 5.10 Å². The third-order valence-corrected chi connectivity index (χ3v) is 5.97. The lowest BCUT2D eigenvalue weighted by molar-refractivity contribution is -0.00278. The van der Waals surface area contributed by atoms with Crippen LogP contribution in [0.5, 0.6) is 0 Å². The Morgan fingerprint density at radius 2 is 1.61 bits per heavy atom. The molecule has 0 radical (unpaired) electrons. The van der Waals surface area contributed by atoms with Gasteiger partial charge in [0.2, 0.25) is 0 Å². The predicted octanol–water partition coefficient (Wildman–Crippen LogP) is 2.85.